The predicted molar refractivity (Wildman–Crippen MR) is 72.6 cm³/mol. The monoisotopic (exact) mass is 242 g/mol. The average molecular weight is 242 g/mol. The summed E-state index contributed by atoms with van der Waals surface area (Å²) in [5, 5.41) is 3.10. The number of nitrogens with two attached hydrogens (primary N) is 1. The number of benzene rings is 2. The molecule has 2 aromatic rings. The fourth-order valence-electron chi connectivity index (χ4n) is 2.44. The molecule has 0 heterocycles. The summed E-state index contributed by atoms with van der Waals surface area (Å²) < 4.78 is 13.7. The first-order valence-corrected chi connectivity index (χ1v) is 6.16. The first-order valence-electron chi connectivity index (χ1n) is 6.16. The van der Waals surface area contributed by atoms with Crippen LogP contribution in [0.4, 0.5) is 21.5 Å². The quantitative estimate of drug-likeness (QED) is 0.789. The van der Waals surface area contributed by atoms with Crippen molar-refractivity contribution in [3.63, 3.8) is 0 Å². The molecule has 0 spiro atoms. The molecule has 0 atom stereocenters. The number of hydrogen-bond acceptors (Lipinski definition) is 2. The van der Waals surface area contributed by atoms with E-state index in [-0.39, 0.29) is 5.82 Å². The second-order valence-electron chi connectivity index (χ2n) is 4.70. The second-order valence-corrected chi connectivity index (χ2v) is 4.70. The molecule has 2 nitrogen and oxygen atoms in total. The van der Waals surface area contributed by atoms with Crippen LogP contribution in [0, 0.1) is 5.82 Å². The maximum atomic E-state index is 13.7. The Balaban J connectivity index is 1.88. The lowest BCUT2D eigenvalue weighted by Crippen LogP contribution is -1.96. The molecule has 2 aromatic carbocycles. The maximum absolute atomic E-state index is 13.7. The highest BCUT2D eigenvalue weighted by molar-refractivity contribution is 5.64. The molecule has 1 aliphatic carbocycles. The van der Waals surface area contributed by atoms with Crippen molar-refractivity contribution in [2.75, 3.05) is 11.1 Å². The Morgan fingerprint density at radius 1 is 1.00 bits per heavy atom. The van der Waals surface area contributed by atoms with Crippen LogP contribution in [0.25, 0.3) is 0 Å². The minimum absolute atomic E-state index is 0.324. The summed E-state index contributed by atoms with van der Waals surface area (Å²) in [6.07, 6.45) is 3.50. The molecular weight excluding hydrogens is 227 g/mol. The highest BCUT2D eigenvalue weighted by atomic mass is 19.1. The van der Waals surface area contributed by atoms with Crippen LogP contribution < -0.4 is 11.1 Å². The van der Waals surface area contributed by atoms with Crippen molar-refractivity contribution in [3.05, 3.63) is 53.3 Å². The highest BCUT2D eigenvalue weighted by Crippen LogP contribution is 2.27. The average Bonchev–Trinajstić information content (AvgIpc) is 2.80. The van der Waals surface area contributed by atoms with Crippen molar-refractivity contribution in [2.24, 2.45) is 0 Å². The molecule has 3 rings (SSSR count). The van der Waals surface area contributed by atoms with Crippen molar-refractivity contribution < 1.29 is 4.39 Å². The zero-order valence-corrected chi connectivity index (χ0v) is 10.0. The fourth-order valence-corrected chi connectivity index (χ4v) is 2.44. The highest BCUT2D eigenvalue weighted by Gasteiger charge is 2.11. The van der Waals surface area contributed by atoms with Crippen LogP contribution in [0.1, 0.15) is 17.5 Å². The van der Waals surface area contributed by atoms with Gasteiger partial charge < -0.3 is 11.1 Å². The summed E-state index contributed by atoms with van der Waals surface area (Å²) in [6.45, 7) is 0. The molecule has 92 valence electrons. The van der Waals surface area contributed by atoms with Gasteiger partial charge in [0.05, 0.1) is 5.69 Å². The van der Waals surface area contributed by atoms with Crippen LogP contribution in [0.2, 0.25) is 0 Å². The summed E-state index contributed by atoms with van der Waals surface area (Å²) in [5.74, 6) is -0.324. The van der Waals surface area contributed by atoms with Gasteiger partial charge in [0.2, 0.25) is 0 Å². The number of nitrogen functional groups attached to an aromatic ring is 1. The van der Waals surface area contributed by atoms with Gasteiger partial charge in [-0.2, -0.15) is 0 Å². The minimum Gasteiger partial charge on any atom is -0.399 e. The molecule has 0 bridgehead atoms. The number of hydrogen-bond donors (Lipinski definition) is 2. The van der Waals surface area contributed by atoms with Crippen molar-refractivity contribution in [1.82, 2.24) is 0 Å². The van der Waals surface area contributed by atoms with Crippen LogP contribution in [0.3, 0.4) is 0 Å². The third-order valence-corrected chi connectivity index (χ3v) is 3.37. The summed E-state index contributed by atoms with van der Waals surface area (Å²) in [5.41, 5.74) is 10.1. The number of nitrogens with one attached hydrogen (secondary N) is 1. The van der Waals surface area contributed by atoms with Crippen LogP contribution >= 0.6 is 0 Å². The molecule has 0 amide bonds. The SMILES string of the molecule is Nc1ccc(Nc2ccc3c(c2)CCC3)c(F)c1. The van der Waals surface area contributed by atoms with Crippen molar-refractivity contribution in [2.45, 2.75) is 19.3 Å². The number of rotatable bonds is 2. The molecule has 0 unspecified atom stereocenters. The normalized spacial score (nSPS) is 13.4. The predicted octanol–water partition coefficient (Wildman–Crippen LogP) is 3.64. The molecular formula is C15H15FN2. The molecule has 0 saturated heterocycles. The van der Waals surface area contributed by atoms with Crippen molar-refractivity contribution >= 4 is 17.1 Å². The minimum atomic E-state index is -0.324. The Morgan fingerprint density at radius 2 is 1.83 bits per heavy atom. The van der Waals surface area contributed by atoms with E-state index in [0.717, 1.165) is 18.5 Å². The first kappa shape index (κ1) is 11.1. The standard InChI is InChI=1S/C15H15FN2/c16-14-9-12(17)5-7-15(14)18-13-6-4-10-2-1-3-11(10)8-13/h4-9,18H,1-3,17H2. The van der Waals surface area contributed by atoms with E-state index in [4.69, 9.17) is 5.73 Å². The van der Waals surface area contributed by atoms with E-state index in [2.05, 4.69) is 17.4 Å². The van der Waals surface area contributed by atoms with Gasteiger partial charge in [-0.1, -0.05) is 6.07 Å². The molecule has 1 aliphatic rings. The van der Waals surface area contributed by atoms with Gasteiger partial charge in [0, 0.05) is 11.4 Å². The van der Waals surface area contributed by atoms with E-state index in [1.54, 1.807) is 12.1 Å². The van der Waals surface area contributed by atoms with Gasteiger partial charge >= 0.3 is 0 Å². The Hall–Kier alpha value is -2.03. The summed E-state index contributed by atoms with van der Waals surface area (Å²) in [7, 11) is 0. The van der Waals surface area contributed by atoms with Gasteiger partial charge in [0.15, 0.2) is 0 Å². The Labute approximate surface area is 106 Å². The smallest absolute Gasteiger partial charge is 0.148 e. The Morgan fingerprint density at radius 3 is 2.67 bits per heavy atom. The summed E-state index contributed by atoms with van der Waals surface area (Å²) >= 11 is 0. The zero-order chi connectivity index (χ0) is 12.5. The largest absolute Gasteiger partial charge is 0.399 e. The number of anilines is 3. The van der Waals surface area contributed by atoms with Crippen LogP contribution in [-0.4, -0.2) is 0 Å². The van der Waals surface area contributed by atoms with E-state index in [9.17, 15) is 4.39 Å². The molecule has 0 aromatic heterocycles. The number of halogens is 1. The van der Waals surface area contributed by atoms with E-state index in [1.807, 2.05) is 6.07 Å². The lowest BCUT2D eigenvalue weighted by molar-refractivity contribution is 0.632. The van der Waals surface area contributed by atoms with Gasteiger partial charge in [-0.05, 0) is 60.7 Å². The Kier molecular flexibility index (Phi) is 2.67. The zero-order valence-electron chi connectivity index (χ0n) is 10.0. The van der Waals surface area contributed by atoms with Crippen molar-refractivity contribution in [1.29, 1.82) is 0 Å². The molecule has 0 saturated carbocycles. The number of fused-ring (bicyclic) bond motifs is 1. The number of aryl methyl sites for hydroxylation is 2. The summed E-state index contributed by atoms with van der Waals surface area (Å²) in [4.78, 5) is 0. The molecule has 18 heavy (non-hydrogen) atoms. The molecule has 0 radical (unpaired) electrons. The van der Waals surface area contributed by atoms with E-state index in [0.29, 0.717) is 11.4 Å². The van der Waals surface area contributed by atoms with E-state index >= 15 is 0 Å². The van der Waals surface area contributed by atoms with Gasteiger partial charge in [-0.15, -0.1) is 0 Å². The Bertz CT molecular complexity index is 593. The van der Waals surface area contributed by atoms with Crippen LogP contribution in [-0.2, 0) is 12.8 Å². The molecule has 3 N–H and O–H groups in total. The lowest BCUT2D eigenvalue weighted by Gasteiger charge is -2.09. The topological polar surface area (TPSA) is 38.0 Å². The second kappa shape index (κ2) is 4.33. The van der Waals surface area contributed by atoms with Gasteiger partial charge in [-0.25, -0.2) is 4.39 Å². The van der Waals surface area contributed by atoms with Gasteiger partial charge in [0.25, 0.3) is 0 Å². The van der Waals surface area contributed by atoms with Crippen LogP contribution in [0.15, 0.2) is 36.4 Å². The maximum Gasteiger partial charge on any atom is 0.148 e. The lowest BCUT2D eigenvalue weighted by atomic mass is 10.1. The molecule has 3 heteroatoms. The summed E-state index contributed by atoms with van der Waals surface area (Å²) in [6, 6.07) is 10.9. The third-order valence-electron chi connectivity index (χ3n) is 3.37. The third kappa shape index (κ3) is 2.04. The van der Waals surface area contributed by atoms with Gasteiger partial charge in [0.1, 0.15) is 5.82 Å². The van der Waals surface area contributed by atoms with Gasteiger partial charge in [-0.3, -0.25) is 0 Å². The van der Waals surface area contributed by atoms with Crippen molar-refractivity contribution in [3.8, 4) is 0 Å². The fraction of sp³-hybridized carbons (Fsp3) is 0.200. The molecule has 0 fully saturated rings. The van der Waals surface area contributed by atoms with E-state index in [1.165, 1.54) is 23.6 Å². The molecule has 0 aliphatic heterocycles. The van der Waals surface area contributed by atoms with E-state index < -0.39 is 0 Å². The van der Waals surface area contributed by atoms with Crippen LogP contribution in [0.5, 0.6) is 0 Å². The first-order chi connectivity index (χ1) is 8.72.